The Morgan fingerprint density at radius 1 is 1.37 bits per heavy atom. The number of hydrogen-bond acceptors (Lipinski definition) is 4. The Morgan fingerprint density at radius 2 is 2.11 bits per heavy atom. The van der Waals surface area contributed by atoms with Gasteiger partial charge in [0, 0.05) is 11.7 Å². The van der Waals surface area contributed by atoms with Crippen molar-refractivity contribution in [3.8, 4) is 0 Å². The van der Waals surface area contributed by atoms with Gasteiger partial charge in [0.05, 0.1) is 5.25 Å². The number of hydrogen-bond donors (Lipinski definition) is 1. The minimum absolute atomic E-state index is 0.115. The lowest BCUT2D eigenvalue weighted by Crippen LogP contribution is -2.40. The predicted molar refractivity (Wildman–Crippen MR) is 77.1 cm³/mol. The summed E-state index contributed by atoms with van der Waals surface area (Å²) in [5.41, 5.74) is 0.928. The Morgan fingerprint density at radius 3 is 2.79 bits per heavy atom. The van der Waals surface area contributed by atoms with Crippen molar-refractivity contribution in [1.29, 1.82) is 0 Å². The largest absolute Gasteiger partial charge is 0.352 e. The van der Waals surface area contributed by atoms with Gasteiger partial charge in [-0.15, -0.1) is 0 Å². The lowest BCUT2D eigenvalue weighted by atomic mass is 9.95. The first-order valence-electron chi connectivity index (χ1n) is 6.91. The van der Waals surface area contributed by atoms with Crippen molar-refractivity contribution in [2.75, 3.05) is 0 Å². The summed E-state index contributed by atoms with van der Waals surface area (Å²) in [6.45, 7) is 3.86. The van der Waals surface area contributed by atoms with Crippen LogP contribution in [0.15, 0.2) is 17.4 Å². The summed E-state index contributed by atoms with van der Waals surface area (Å²) in [5, 5.41) is 3.90. The fourth-order valence-electron chi connectivity index (χ4n) is 2.29. The van der Waals surface area contributed by atoms with Crippen LogP contribution in [-0.4, -0.2) is 27.2 Å². The monoisotopic (exact) mass is 279 g/mol. The maximum absolute atomic E-state index is 12.1. The van der Waals surface area contributed by atoms with Gasteiger partial charge in [-0.25, -0.2) is 9.97 Å². The van der Waals surface area contributed by atoms with Crippen molar-refractivity contribution in [3.05, 3.63) is 18.1 Å². The second-order valence-corrected chi connectivity index (χ2v) is 6.46. The van der Waals surface area contributed by atoms with E-state index >= 15 is 0 Å². The molecule has 0 saturated heterocycles. The van der Waals surface area contributed by atoms with Gasteiger partial charge in [0.1, 0.15) is 11.4 Å². The molecule has 1 aliphatic rings. The van der Waals surface area contributed by atoms with Crippen LogP contribution in [0.3, 0.4) is 0 Å². The van der Waals surface area contributed by atoms with E-state index in [1.165, 1.54) is 31.0 Å². The lowest BCUT2D eigenvalue weighted by molar-refractivity contribution is -0.121. The van der Waals surface area contributed by atoms with E-state index in [1.54, 1.807) is 6.33 Å². The standard InChI is InChI=1S/C14H21N3OS/c1-10-8-13(16-9-15-10)19-11(2)14(18)17-12-6-4-3-5-7-12/h8-9,11-12H,3-7H2,1-2H3,(H,17,18). The smallest absolute Gasteiger partial charge is 0.233 e. The van der Waals surface area contributed by atoms with Crippen LogP contribution in [0.2, 0.25) is 0 Å². The summed E-state index contributed by atoms with van der Waals surface area (Å²) >= 11 is 1.49. The average Bonchev–Trinajstić information content (AvgIpc) is 2.40. The van der Waals surface area contributed by atoms with E-state index in [-0.39, 0.29) is 11.2 Å². The molecular formula is C14H21N3OS. The van der Waals surface area contributed by atoms with Crippen LogP contribution in [0.25, 0.3) is 0 Å². The number of carbonyl (C=O) groups is 1. The fourth-order valence-corrected chi connectivity index (χ4v) is 3.18. The van der Waals surface area contributed by atoms with Gasteiger partial charge in [0.15, 0.2) is 0 Å². The number of rotatable bonds is 4. The molecule has 2 rings (SSSR count). The number of nitrogens with zero attached hydrogens (tertiary/aromatic N) is 2. The average molecular weight is 279 g/mol. The number of carbonyl (C=O) groups excluding carboxylic acids is 1. The van der Waals surface area contributed by atoms with E-state index in [1.807, 2.05) is 19.9 Å². The van der Waals surface area contributed by atoms with Gasteiger partial charge >= 0.3 is 0 Å². The van der Waals surface area contributed by atoms with Crippen molar-refractivity contribution < 1.29 is 4.79 Å². The molecule has 0 aliphatic heterocycles. The summed E-state index contributed by atoms with van der Waals surface area (Å²) in [5.74, 6) is 0.119. The summed E-state index contributed by atoms with van der Waals surface area (Å²) in [6.07, 6.45) is 7.56. The maximum atomic E-state index is 12.1. The third-order valence-electron chi connectivity index (χ3n) is 3.40. The molecule has 1 heterocycles. The van der Waals surface area contributed by atoms with E-state index in [9.17, 15) is 4.79 Å². The maximum Gasteiger partial charge on any atom is 0.233 e. The Bertz CT molecular complexity index is 432. The van der Waals surface area contributed by atoms with E-state index in [4.69, 9.17) is 0 Å². The minimum Gasteiger partial charge on any atom is -0.352 e. The zero-order valence-electron chi connectivity index (χ0n) is 11.6. The summed E-state index contributed by atoms with van der Waals surface area (Å²) in [6, 6.07) is 2.28. The van der Waals surface area contributed by atoms with Crippen molar-refractivity contribution >= 4 is 17.7 Å². The molecule has 1 saturated carbocycles. The Labute approximate surface area is 118 Å². The summed E-state index contributed by atoms with van der Waals surface area (Å²) in [4.78, 5) is 20.4. The molecule has 0 bridgehead atoms. The Hall–Kier alpha value is -1.10. The van der Waals surface area contributed by atoms with Crippen LogP contribution >= 0.6 is 11.8 Å². The zero-order chi connectivity index (χ0) is 13.7. The third kappa shape index (κ3) is 4.49. The van der Waals surface area contributed by atoms with Gasteiger partial charge in [-0.1, -0.05) is 31.0 Å². The fraction of sp³-hybridized carbons (Fsp3) is 0.643. The third-order valence-corrected chi connectivity index (χ3v) is 4.43. The molecule has 1 aliphatic carbocycles. The van der Waals surface area contributed by atoms with Crippen molar-refractivity contribution in [2.24, 2.45) is 0 Å². The molecule has 1 fully saturated rings. The molecule has 0 aromatic carbocycles. The molecular weight excluding hydrogens is 258 g/mol. The second-order valence-electron chi connectivity index (χ2n) is 5.10. The zero-order valence-corrected chi connectivity index (χ0v) is 12.4. The van der Waals surface area contributed by atoms with Crippen molar-refractivity contribution in [1.82, 2.24) is 15.3 Å². The van der Waals surface area contributed by atoms with E-state index in [0.29, 0.717) is 6.04 Å². The number of thioether (sulfide) groups is 1. The molecule has 4 nitrogen and oxygen atoms in total. The highest BCUT2D eigenvalue weighted by molar-refractivity contribution is 8.00. The normalized spacial score (nSPS) is 18.0. The molecule has 0 spiro atoms. The summed E-state index contributed by atoms with van der Waals surface area (Å²) in [7, 11) is 0. The lowest BCUT2D eigenvalue weighted by Gasteiger charge is -2.24. The summed E-state index contributed by atoms with van der Waals surface area (Å²) < 4.78 is 0. The van der Waals surface area contributed by atoms with Gasteiger partial charge in [-0.05, 0) is 32.8 Å². The topological polar surface area (TPSA) is 54.9 Å². The SMILES string of the molecule is Cc1cc(SC(C)C(=O)NC2CCCCC2)ncn1. The van der Waals surface area contributed by atoms with Gasteiger partial charge in [0.25, 0.3) is 0 Å². The van der Waals surface area contributed by atoms with Crippen LogP contribution < -0.4 is 5.32 Å². The van der Waals surface area contributed by atoms with E-state index < -0.39 is 0 Å². The molecule has 1 unspecified atom stereocenters. The van der Waals surface area contributed by atoms with Crippen LogP contribution in [0.4, 0.5) is 0 Å². The molecule has 1 amide bonds. The molecule has 1 atom stereocenters. The minimum atomic E-state index is -0.115. The molecule has 1 aromatic heterocycles. The quantitative estimate of drug-likeness (QED) is 0.680. The second kappa shape index (κ2) is 6.89. The van der Waals surface area contributed by atoms with Gasteiger partial charge in [-0.3, -0.25) is 4.79 Å². The van der Waals surface area contributed by atoms with Crippen LogP contribution in [0.5, 0.6) is 0 Å². The Kier molecular flexibility index (Phi) is 5.19. The predicted octanol–water partition coefficient (Wildman–Crippen LogP) is 2.71. The first-order chi connectivity index (χ1) is 9.15. The number of amides is 1. The van der Waals surface area contributed by atoms with Crippen LogP contribution in [0.1, 0.15) is 44.7 Å². The first kappa shape index (κ1) is 14.3. The van der Waals surface area contributed by atoms with Gasteiger partial charge in [0.2, 0.25) is 5.91 Å². The van der Waals surface area contributed by atoms with Crippen molar-refractivity contribution in [2.45, 2.75) is 62.3 Å². The Balaban J connectivity index is 1.84. The van der Waals surface area contributed by atoms with Crippen LogP contribution in [0, 0.1) is 6.92 Å². The first-order valence-corrected chi connectivity index (χ1v) is 7.79. The molecule has 5 heteroatoms. The highest BCUT2D eigenvalue weighted by atomic mass is 32.2. The highest BCUT2D eigenvalue weighted by Gasteiger charge is 2.20. The van der Waals surface area contributed by atoms with E-state index in [0.717, 1.165) is 23.6 Å². The number of aryl methyl sites for hydroxylation is 1. The molecule has 1 aromatic rings. The van der Waals surface area contributed by atoms with E-state index in [2.05, 4.69) is 15.3 Å². The van der Waals surface area contributed by atoms with Crippen molar-refractivity contribution in [3.63, 3.8) is 0 Å². The highest BCUT2D eigenvalue weighted by Crippen LogP contribution is 2.22. The molecule has 104 valence electrons. The molecule has 1 N–H and O–H groups in total. The van der Waals surface area contributed by atoms with Gasteiger partial charge in [-0.2, -0.15) is 0 Å². The molecule has 0 radical (unpaired) electrons. The molecule has 19 heavy (non-hydrogen) atoms. The van der Waals surface area contributed by atoms with Gasteiger partial charge < -0.3 is 5.32 Å². The number of aromatic nitrogens is 2. The number of nitrogens with one attached hydrogen (secondary N) is 1. The van der Waals surface area contributed by atoms with Crippen LogP contribution in [-0.2, 0) is 4.79 Å².